The minimum atomic E-state index is -0.289. The number of ether oxygens (including phenoxy) is 1. The average Bonchev–Trinajstić information content (AvgIpc) is 3.16. The standard InChI is InChI=1S/C24H26N2O3/c1-29-23(27)15-20-16-25-22-8-7-19(14-21(20)22)24(28)26-11-9-18(10-12-26)13-17-5-3-2-4-6-17/h2-8,14,16,18,25H,9-13,15H2,1H3. The Balaban J connectivity index is 1.42. The van der Waals surface area contributed by atoms with Crippen molar-refractivity contribution in [3.05, 3.63) is 71.4 Å². The quantitative estimate of drug-likeness (QED) is 0.671. The molecule has 1 aromatic heterocycles. The smallest absolute Gasteiger partial charge is 0.310 e. The summed E-state index contributed by atoms with van der Waals surface area (Å²) in [5.74, 6) is 0.402. The van der Waals surface area contributed by atoms with Crippen molar-refractivity contribution in [3.63, 3.8) is 0 Å². The van der Waals surface area contributed by atoms with Crippen LogP contribution >= 0.6 is 0 Å². The lowest BCUT2D eigenvalue weighted by atomic mass is 9.90. The third-order valence-electron chi connectivity index (χ3n) is 5.85. The summed E-state index contributed by atoms with van der Waals surface area (Å²) >= 11 is 0. The lowest BCUT2D eigenvalue weighted by Gasteiger charge is -2.32. The molecule has 3 aromatic rings. The van der Waals surface area contributed by atoms with E-state index < -0.39 is 0 Å². The highest BCUT2D eigenvalue weighted by atomic mass is 16.5. The summed E-state index contributed by atoms with van der Waals surface area (Å²) in [4.78, 5) is 29.8. The largest absolute Gasteiger partial charge is 0.469 e. The molecule has 1 aliphatic rings. The van der Waals surface area contributed by atoms with Crippen molar-refractivity contribution in [1.82, 2.24) is 9.88 Å². The van der Waals surface area contributed by atoms with Gasteiger partial charge in [-0.25, -0.2) is 0 Å². The number of piperidine rings is 1. The van der Waals surface area contributed by atoms with Gasteiger partial charge in [0.1, 0.15) is 0 Å². The first-order valence-electron chi connectivity index (χ1n) is 10.1. The molecule has 0 atom stereocenters. The van der Waals surface area contributed by atoms with Gasteiger partial charge in [-0.15, -0.1) is 0 Å². The Labute approximate surface area is 170 Å². The zero-order chi connectivity index (χ0) is 20.2. The molecule has 1 amide bonds. The van der Waals surface area contributed by atoms with E-state index in [2.05, 4.69) is 29.2 Å². The first kappa shape index (κ1) is 19.2. The molecular weight excluding hydrogens is 364 g/mol. The highest BCUT2D eigenvalue weighted by Gasteiger charge is 2.24. The molecule has 1 fully saturated rings. The maximum atomic E-state index is 13.0. The van der Waals surface area contributed by atoms with Gasteiger partial charge in [0.15, 0.2) is 0 Å². The maximum absolute atomic E-state index is 13.0. The summed E-state index contributed by atoms with van der Waals surface area (Å²) in [5.41, 5.74) is 3.81. The summed E-state index contributed by atoms with van der Waals surface area (Å²) in [6.45, 7) is 1.58. The van der Waals surface area contributed by atoms with Gasteiger partial charge in [-0.2, -0.15) is 0 Å². The lowest BCUT2D eigenvalue weighted by molar-refractivity contribution is -0.139. The fraction of sp³-hybridized carbons (Fsp3) is 0.333. The van der Waals surface area contributed by atoms with E-state index in [9.17, 15) is 9.59 Å². The van der Waals surface area contributed by atoms with Gasteiger partial charge in [0.25, 0.3) is 5.91 Å². The second kappa shape index (κ2) is 8.52. The number of rotatable bonds is 5. The van der Waals surface area contributed by atoms with Crippen molar-refractivity contribution < 1.29 is 14.3 Å². The van der Waals surface area contributed by atoms with Crippen molar-refractivity contribution in [2.75, 3.05) is 20.2 Å². The van der Waals surface area contributed by atoms with Crippen LogP contribution in [0.5, 0.6) is 0 Å². The molecule has 5 nitrogen and oxygen atoms in total. The molecule has 0 unspecified atom stereocenters. The summed E-state index contributed by atoms with van der Waals surface area (Å²) in [7, 11) is 1.38. The van der Waals surface area contributed by atoms with E-state index in [0.717, 1.165) is 48.8 Å². The van der Waals surface area contributed by atoms with E-state index in [0.29, 0.717) is 11.5 Å². The predicted molar refractivity (Wildman–Crippen MR) is 113 cm³/mol. The lowest BCUT2D eigenvalue weighted by Crippen LogP contribution is -2.38. The monoisotopic (exact) mass is 390 g/mol. The number of aromatic amines is 1. The molecule has 0 radical (unpaired) electrons. The number of likely N-dealkylation sites (tertiary alicyclic amines) is 1. The Morgan fingerprint density at radius 2 is 1.86 bits per heavy atom. The van der Waals surface area contributed by atoms with Crippen LogP contribution in [0.4, 0.5) is 0 Å². The number of carbonyl (C=O) groups is 2. The van der Waals surface area contributed by atoms with Gasteiger partial charge in [0.05, 0.1) is 13.5 Å². The molecule has 29 heavy (non-hydrogen) atoms. The minimum Gasteiger partial charge on any atom is -0.469 e. The van der Waals surface area contributed by atoms with Crippen LogP contribution in [0.1, 0.15) is 34.3 Å². The molecule has 1 aliphatic heterocycles. The molecule has 2 heterocycles. The van der Waals surface area contributed by atoms with Crippen LogP contribution in [0.2, 0.25) is 0 Å². The van der Waals surface area contributed by atoms with Gasteiger partial charge < -0.3 is 14.6 Å². The first-order valence-corrected chi connectivity index (χ1v) is 10.1. The molecule has 0 spiro atoms. The Hall–Kier alpha value is -3.08. The fourth-order valence-corrected chi connectivity index (χ4v) is 4.16. The van der Waals surface area contributed by atoms with Crippen molar-refractivity contribution in [1.29, 1.82) is 0 Å². The number of aromatic nitrogens is 1. The highest BCUT2D eigenvalue weighted by molar-refractivity contribution is 5.99. The molecule has 2 aromatic carbocycles. The molecular formula is C24H26N2O3. The molecule has 1 saturated heterocycles. The molecule has 0 aliphatic carbocycles. The van der Waals surface area contributed by atoms with E-state index >= 15 is 0 Å². The third-order valence-corrected chi connectivity index (χ3v) is 5.85. The number of hydrogen-bond acceptors (Lipinski definition) is 3. The van der Waals surface area contributed by atoms with Crippen LogP contribution in [0.15, 0.2) is 54.7 Å². The number of benzene rings is 2. The molecule has 4 rings (SSSR count). The van der Waals surface area contributed by atoms with E-state index in [1.165, 1.54) is 12.7 Å². The third kappa shape index (κ3) is 4.34. The number of nitrogens with one attached hydrogen (secondary N) is 1. The minimum absolute atomic E-state index is 0.0651. The molecule has 1 N–H and O–H groups in total. The van der Waals surface area contributed by atoms with E-state index in [1.807, 2.05) is 35.4 Å². The van der Waals surface area contributed by atoms with Crippen molar-refractivity contribution in [2.24, 2.45) is 5.92 Å². The van der Waals surface area contributed by atoms with E-state index in [4.69, 9.17) is 4.74 Å². The van der Waals surface area contributed by atoms with Crippen LogP contribution in [-0.2, 0) is 22.4 Å². The summed E-state index contributed by atoms with van der Waals surface area (Å²) < 4.78 is 4.77. The molecule has 5 heteroatoms. The Morgan fingerprint density at radius 1 is 1.10 bits per heavy atom. The number of H-pyrrole nitrogens is 1. The number of fused-ring (bicyclic) bond motifs is 1. The van der Waals surface area contributed by atoms with Gasteiger partial charge in [-0.1, -0.05) is 30.3 Å². The number of esters is 1. The predicted octanol–water partition coefficient (Wildman–Crippen LogP) is 3.98. The van der Waals surface area contributed by atoms with Gasteiger partial charge in [0, 0.05) is 35.8 Å². The Morgan fingerprint density at radius 3 is 2.59 bits per heavy atom. The fourth-order valence-electron chi connectivity index (χ4n) is 4.16. The van der Waals surface area contributed by atoms with Crippen molar-refractivity contribution >= 4 is 22.8 Å². The molecule has 0 bridgehead atoms. The summed E-state index contributed by atoms with van der Waals surface area (Å²) in [6, 6.07) is 16.2. The zero-order valence-corrected chi connectivity index (χ0v) is 16.7. The summed E-state index contributed by atoms with van der Waals surface area (Å²) in [6.07, 6.45) is 5.14. The van der Waals surface area contributed by atoms with Crippen LogP contribution in [-0.4, -0.2) is 42.0 Å². The number of nitrogens with zero attached hydrogens (tertiary/aromatic N) is 1. The number of methoxy groups -OCH3 is 1. The maximum Gasteiger partial charge on any atom is 0.310 e. The van der Waals surface area contributed by atoms with E-state index in [1.54, 1.807) is 0 Å². The number of carbonyl (C=O) groups excluding carboxylic acids is 2. The first-order chi connectivity index (χ1) is 14.1. The van der Waals surface area contributed by atoms with Gasteiger partial charge in [-0.3, -0.25) is 9.59 Å². The van der Waals surface area contributed by atoms with Gasteiger partial charge >= 0.3 is 5.97 Å². The summed E-state index contributed by atoms with van der Waals surface area (Å²) in [5, 5.41) is 0.903. The topological polar surface area (TPSA) is 62.4 Å². The number of hydrogen-bond donors (Lipinski definition) is 1. The van der Waals surface area contributed by atoms with Crippen molar-refractivity contribution in [3.8, 4) is 0 Å². The Kier molecular flexibility index (Phi) is 5.65. The van der Waals surface area contributed by atoms with Crippen LogP contribution in [0.25, 0.3) is 10.9 Å². The second-order valence-corrected chi connectivity index (χ2v) is 7.75. The highest BCUT2D eigenvalue weighted by Crippen LogP contribution is 2.25. The Bertz CT molecular complexity index is 1000. The number of amides is 1. The average molecular weight is 390 g/mol. The van der Waals surface area contributed by atoms with Crippen LogP contribution < -0.4 is 0 Å². The SMILES string of the molecule is COC(=O)Cc1c[nH]c2ccc(C(=O)N3CCC(Cc4ccccc4)CC3)cc12. The van der Waals surface area contributed by atoms with Crippen LogP contribution in [0.3, 0.4) is 0 Å². The van der Waals surface area contributed by atoms with Crippen molar-refractivity contribution in [2.45, 2.75) is 25.7 Å². The van der Waals surface area contributed by atoms with E-state index in [-0.39, 0.29) is 18.3 Å². The van der Waals surface area contributed by atoms with Crippen LogP contribution in [0, 0.1) is 5.92 Å². The van der Waals surface area contributed by atoms with Gasteiger partial charge in [-0.05, 0) is 54.5 Å². The van der Waals surface area contributed by atoms with Gasteiger partial charge in [0.2, 0.25) is 0 Å². The molecule has 150 valence electrons. The second-order valence-electron chi connectivity index (χ2n) is 7.75. The molecule has 0 saturated carbocycles. The zero-order valence-electron chi connectivity index (χ0n) is 16.7. The normalized spacial score (nSPS) is 14.9.